The summed E-state index contributed by atoms with van der Waals surface area (Å²) in [5, 5.41) is 0. The van der Waals surface area contributed by atoms with Crippen LogP contribution in [0.5, 0.6) is 0 Å². The highest BCUT2D eigenvalue weighted by Gasteiger charge is 2.19. The van der Waals surface area contributed by atoms with Gasteiger partial charge in [-0.05, 0) is 6.07 Å². The number of hydrogen-bond acceptors (Lipinski definition) is 4. The van der Waals surface area contributed by atoms with Crippen molar-refractivity contribution < 1.29 is 0 Å². The molecule has 0 aliphatic carbocycles. The van der Waals surface area contributed by atoms with Crippen molar-refractivity contribution in [2.45, 2.75) is 19.3 Å². The van der Waals surface area contributed by atoms with Crippen LogP contribution in [0.3, 0.4) is 0 Å². The molecule has 0 radical (unpaired) electrons. The van der Waals surface area contributed by atoms with Crippen molar-refractivity contribution >= 4 is 5.95 Å². The molecule has 0 spiro atoms. The molecular formula is C8H14N4. The first kappa shape index (κ1) is 8.93. The summed E-state index contributed by atoms with van der Waals surface area (Å²) in [6.45, 7) is 4.59. The molecule has 1 aromatic rings. The molecule has 0 bridgehead atoms. The summed E-state index contributed by atoms with van der Waals surface area (Å²) < 4.78 is 0. The van der Waals surface area contributed by atoms with Gasteiger partial charge in [-0.25, -0.2) is 9.97 Å². The Morgan fingerprint density at radius 3 is 2.67 bits per heavy atom. The summed E-state index contributed by atoms with van der Waals surface area (Å²) in [5.41, 5.74) is 11.8. The van der Waals surface area contributed by atoms with Crippen molar-refractivity contribution in [2.24, 2.45) is 5.73 Å². The highest BCUT2D eigenvalue weighted by Crippen LogP contribution is 2.18. The van der Waals surface area contributed by atoms with Crippen LogP contribution in [0.1, 0.15) is 19.5 Å². The molecule has 0 unspecified atom stereocenters. The van der Waals surface area contributed by atoms with Crippen molar-refractivity contribution in [3.05, 3.63) is 18.0 Å². The number of anilines is 1. The number of aromatic nitrogens is 2. The van der Waals surface area contributed by atoms with Gasteiger partial charge in [-0.1, -0.05) is 13.8 Å². The molecule has 0 fully saturated rings. The Morgan fingerprint density at radius 2 is 2.17 bits per heavy atom. The third-order valence-corrected chi connectivity index (χ3v) is 1.88. The predicted molar refractivity (Wildman–Crippen MR) is 48.5 cm³/mol. The van der Waals surface area contributed by atoms with E-state index in [0.717, 1.165) is 5.69 Å². The molecule has 66 valence electrons. The van der Waals surface area contributed by atoms with E-state index in [0.29, 0.717) is 12.5 Å². The average Bonchev–Trinajstić information content (AvgIpc) is 2.05. The van der Waals surface area contributed by atoms with Gasteiger partial charge < -0.3 is 11.5 Å². The first-order valence-electron chi connectivity index (χ1n) is 3.85. The minimum atomic E-state index is -0.128. The maximum Gasteiger partial charge on any atom is 0.220 e. The van der Waals surface area contributed by atoms with Gasteiger partial charge in [0.2, 0.25) is 5.95 Å². The molecule has 1 heterocycles. The smallest absolute Gasteiger partial charge is 0.220 e. The first-order chi connectivity index (χ1) is 5.56. The predicted octanol–water partition coefficient (Wildman–Crippen LogP) is 0.295. The fourth-order valence-corrected chi connectivity index (χ4v) is 0.855. The van der Waals surface area contributed by atoms with Gasteiger partial charge in [-0.3, -0.25) is 0 Å². The zero-order chi connectivity index (χ0) is 9.19. The monoisotopic (exact) mass is 166 g/mol. The Labute approximate surface area is 72.0 Å². The molecule has 0 amide bonds. The van der Waals surface area contributed by atoms with Gasteiger partial charge in [0, 0.05) is 18.2 Å². The van der Waals surface area contributed by atoms with Gasteiger partial charge in [0.15, 0.2) is 0 Å². The molecule has 0 saturated carbocycles. The summed E-state index contributed by atoms with van der Waals surface area (Å²) in [4.78, 5) is 7.92. The van der Waals surface area contributed by atoms with E-state index in [-0.39, 0.29) is 5.41 Å². The standard InChI is InChI=1S/C8H14N4/c1-8(2,5-9)6-3-4-11-7(10)12-6/h3-4H,5,9H2,1-2H3,(H2,10,11,12). The van der Waals surface area contributed by atoms with Crippen molar-refractivity contribution in [3.8, 4) is 0 Å². The van der Waals surface area contributed by atoms with Crippen LogP contribution in [0.2, 0.25) is 0 Å². The van der Waals surface area contributed by atoms with Crippen LogP contribution in [0.15, 0.2) is 12.3 Å². The minimum absolute atomic E-state index is 0.128. The van der Waals surface area contributed by atoms with Crippen LogP contribution in [-0.4, -0.2) is 16.5 Å². The Kier molecular flexibility index (Phi) is 2.28. The molecule has 4 heteroatoms. The van der Waals surface area contributed by atoms with E-state index >= 15 is 0 Å². The van der Waals surface area contributed by atoms with Gasteiger partial charge in [0.05, 0.1) is 5.69 Å². The Balaban J connectivity index is 3.03. The van der Waals surface area contributed by atoms with E-state index in [1.165, 1.54) is 0 Å². The Bertz CT molecular complexity index is 270. The highest BCUT2D eigenvalue weighted by molar-refractivity contribution is 5.22. The molecule has 0 saturated heterocycles. The molecule has 0 atom stereocenters. The van der Waals surface area contributed by atoms with E-state index in [9.17, 15) is 0 Å². The quantitative estimate of drug-likeness (QED) is 0.662. The van der Waals surface area contributed by atoms with Crippen molar-refractivity contribution in [1.29, 1.82) is 0 Å². The van der Waals surface area contributed by atoms with Gasteiger partial charge in [0.1, 0.15) is 0 Å². The Morgan fingerprint density at radius 1 is 1.50 bits per heavy atom. The number of nitrogens with zero attached hydrogens (tertiary/aromatic N) is 2. The molecule has 1 rings (SSSR count). The van der Waals surface area contributed by atoms with Gasteiger partial charge >= 0.3 is 0 Å². The van der Waals surface area contributed by atoms with Crippen LogP contribution in [0, 0.1) is 0 Å². The number of rotatable bonds is 2. The van der Waals surface area contributed by atoms with E-state index in [1.807, 2.05) is 19.9 Å². The molecule has 12 heavy (non-hydrogen) atoms. The second kappa shape index (κ2) is 3.06. The lowest BCUT2D eigenvalue weighted by molar-refractivity contribution is 0.521. The molecule has 0 aliphatic rings. The minimum Gasteiger partial charge on any atom is -0.368 e. The van der Waals surface area contributed by atoms with Crippen LogP contribution < -0.4 is 11.5 Å². The number of nitrogen functional groups attached to an aromatic ring is 1. The van der Waals surface area contributed by atoms with Crippen LogP contribution in [0.25, 0.3) is 0 Å². The summed E-state index contributed by atoms with van der Waals surface area (Å²) in [6.07, 6.45) is 1.65. The lowest BCUT2D eigenvalue weighted by Gasteiger charge is -2.21. The molecule has 4 nitrogen and oxygen atoms in total. The number of nitrogens with two attached hydrogens (primary N) is 2. The average molecular weight is 166 g/mol. The van der Waals surface area contributed by atoms with E-state index in [2.05, 4.69) is 9.97 Å². The van der Waals surface area contributed by atoms with E-state index in [1.54, 1.807) is 6.20 Å². The van der Waals surface area contributed by atoms with Gasteiger partial charge in [-0.2, -0.15) is 0 Å². The summed E-state index contributed by atoms with van der Waals surface area (Å²) >= 11 is 0. The van der Waals surface area contributed by atoms with E-state index < -0.39 is 0 Å². The fourth-order valence-electron chi connectivity index (χ4n) is 0.855. The molecule has 1 aromatic heterocycles. The molecule has 0 aliphatic heterocycles. The second-order valence-electron chi connectivity index (χ2n) is 3.39. The summed E-state index contributed by atoms with van der Waals surface area (Å²) in [7, 11) is 0. The molecule has 4 N–H and O–H groups in total. The zero-order valence-corrected chi connectivity index (χ0v) is 7.41. The van der Waals surface area contributed by atoms with Crippen LogP contribution in [-0.2, 0) is 5.41 Å². The van der Waals surface area contributed by atoms with Gasteiger partial charge in [0.25, 0.3) is 0 Å². The normalized spacial score (nSPS) is 11.6. The van der Waals surface area contributed by atoms with Gasteiger partial charge in [-0.15, -0.1) is 0 Å². The highest BCUT2D eigenvalue weighted by atomic mass is 15.0. The SMILES string of the molecule is CC(C)(CN)c1ccnc(N)n1. The second-order valence-corrected chi connectivity index (χ2v) is 3.39. The summed E-state index contributed by atoms with van der Waals surface area (Å²) in [6, 6.07) is 1.84. The fraction of sp³-hybridized carbons (Fsp3) is 0.500. The van der Waals surface area contributed by atoms with Crippen LogP contribution in [0.4, 0.5) is 5.95 Å². The zero-order valence-electron chi connectivity index (χ0n) is 7.41. The molecule has 0 aromatic carbocycles. The first-order valence-corrected chi connectivity index (χ1v) is 3.85. The third kappa shape index (κ3) is 1.71. The van der Waals surface area contributed by atoms with Crippen molar-refractivity contribution in [3.63, 3.8) is 0 Å². The Hall–Kier alpha value is -1.16. The third-order valence-electron chi connectivity index (χ3n) is 1.88. The van der Waals surface area contributed by atoms with Crippen LogP contribution >= 0.6 is 0 Å². The number of hydrogen-bond donors (Lipinski definition) is 2. The molecular weight excluding hydrogens is 152 g/mol. The lowest BCUT2D eigenvalue weighted by atomic mass is 9.89. The van der Waals surface area contributed by atoms with Crippen molar-refractivity contribution in [2.75, 3.05) is 12.3 Å². The van der Waals surface area contributed by atoms with E-state index in [4.69, 9.17) is 11.5 Å². The topological polar surface area (TPSA) is 77.8 Å². The van der Waals surface area contributed by atoms with Crippen molar-refractivity contribution in [1.82, 2.24) is 9.97 Å². The maximum atomic E-state index is 5.59. The largest absolute Gasteiger partial charge is 0.368 e. The lowest BCUT2D eigenvalue weighted by Crippen LogP contribution is -2.29. The maximum absolute atomic E-state index is 5.59. The summed E-state index contributed by atoms with van der Waals surface area (Å²) in [5.74, 6) is 0.300.